The predicted octanol–water partition coefficient (Wildman–Crippen LogP) is 3.53. The first-order valence-electron chi connectivity index (χ1n) is 5.21. The Morgan fingerprint density at radius 1 is 1.00 bits per heavy atom. The maximum absolute atomic E-state index is 7.00. The molecule has 0 spiro atoms. The molecule has 0 heterocycles. The second kappa shape index (κ2) is 7.71. The SMILES string of the molecule is CO.Clc1cccc(COc2ccccc2)c1. The zero-order chi connectivity index (χ0) is 12.5. The van der Waals surface area contributed by atoms with E-state index in [0.29, 0.717) is 6.61 Å². The Morgan fingerprint density at radius 2 is 1.71 bits per heavy atom. The van der Waals surface area contributed by atoms with E-state index in [2.05, 4.69) is 0 Å². The van der Waals surface area contributed by atoms with Gasteiger partial charge in [0, 0.05) is 12.1 Å². The van der Waals surface area contributed by atoms with Crippen molar-refractivity contribution in [2.75, 3.05) is 7.11 Å². The van der Waals surface area contributed by atoms with Crippen molar-refractivity contribution in [3.05, 3.63) is 65.2 Å². The second-order valence-electron chi connectivity index (χ2n) is 3.23. The van der Waals surface area contributed by atoms with Crippen molar-refractivity contribution in [3.8, 4) is 5.75 Å². The average molecular weight is 251 g/mol. The standard InChI is InChI=1S/C13H11ClO.CH4O/c14-12-6-4-5-11(9-12)10-15-13-7-2-1-3-8-13;1-2/h1-9H,10H2;2H,1H3. The molecule has 0 amide bonds. The molecule has 2 aromatic rings. The van der Waals surface area contributed by atoms with Crippen molar-refractivity contribution < 1.29 is 9.84 Å². The van der Waals surface area contributed by atoms with Crippen molar-refractivity contribution in [3.63, 3.8) is 0 Å². The minimum Gasteiger partial charge on any atom is -0.489 e. The van der Waals surface area contributed by atoms with Crippen molar-refractivity contribution in [1.29, 1.82) is 0 Å². The van der Waals surface area contributed by atoms with Crippen LogP contribution in [0.1, 0.15) is 5.56 Å². The van der Waals surface area contributed by atoms with E-state index in [1.807, 2.05) is 54.6 Å². The van der Waals surface area contributed by atoms with Crippen LogP contribution in [0.5, 0.6) is 5.75 Å². The molecular weight excluding hydrogens is 236 g/mol. The minimum absolute atomic E-state index is 0.546. The number of hydrogen-bond acceptors (Lipinski definition) is 2. The maximum atomic E-state index is 7.00. The third-order valence-electron chi connectivity index (χ3n) is 2.04. The number of aliphatic hydroxyl groups excluding tert-OH is 1. The van der Waals surface area contributed by atoms with Gasteiger partial charge in [0.1, 0.15) is 12.4 Å². The fourth-order valence-electron chi connectivity index (χ4n) is 1.31. The highest BCUT2D eigenvalue weighted by Crippen LogP contribution is 2.14. The van der Waals surface area contributed by atoms with Gasteiger partial charge in [-0.2, -0.15) is 0 Å². The molecule has 0 aliphatic carbocycles. The van der Waals surface area contributed by atoms with Crippen LogP contribution in [0.4, 0.5) is 0 Å². The summed E-state index contributed by atoms with van der Waals surface area (Å²) >= 11 is 5.87. The second-order valence-corrected chi connectivity index (χ2v) is 3.67. The van der Waals surface area contributed by atoms with Crippen LogP contribution in [-0.4, -0.2) is 12.2 Å². The molecule has 0 bridgehead atoms. The average Bonchev–Trinajstić information content (AvgIpc) is 2.40. The summed E-state index contributed by atoms with van der Waals surface area (Å²) in [5, 5.41) is 7.74. The van der Waals surface area contributed by atoms with Crippen molar-refractivity contribution in [2.45, 2.75) is 6.61 Å². The lowest BCUT2D eigenvalue weighted by Crippen LogP contribution is -1.94. The lowest BCUT2D eigenvalue weighted by Gasteiger charge is -2.05. The van der Waals surface area contributed by atoms with E-state index in [9.17, 15) is 0 Å². The molecule has 0 saturated heterocycles. The van der Waals surface area contributed by atoms with Gasteiger partial charge in [0.15, 0.2) is 0 Å². The van der Waals surface area contributed by atoms with Gasteiger partial charge in [-0.05, 0) is 29.8 Å². The summed E-state index contributed by atoms with van der Waals surface area (Å²) < 4.78 is 5.59. The fraction of sp³-hybridized carbons (Fsp3) is 0.143. The quantitative estimate of drug-likeness (QED) is 0.903. The summed E-state index contributed by atoms with van der Waals surface area (Å²) in [6, 6.07) is 17.4. The largest absolute Gasteiger partial charge is 0.489 e. The highest BCUT2D eigenvalue weighted by atomic mass is 35.5. The van der Waals surface area contributed by atoms with Crippen LogP contribution in [-0.2, 0) is 6.61 Å². The van der Waals surface area contributed by atoms with Gasteiger partial charge in [0.25, 0.3) is 0 Å². The van der Waals surface area contributed by atoms with Crippen LogP contribution < -0.4 is 4.74 Å². The summed E-state index contributed by atoms with van der Waals surface area (Å²) in [7, 11) is 1.00. The van der Waals surface area contributed by atoms with E-state index in [1.165, 1.54) is 0 Å². The molecule has 0 atom stereocenters. The lowest BCUT2D eigenvalue weighted by atomic mass is 10.2. The summed E-state index contributed by atoms with van der Waals surface area (Å²) in [6.07, 6.45) is 0. The molecule has 2 aromatic carbocycles. The monoisotopic (exact) mass is 250 g/mol. The van der Waals surface area contributed by atoms with Gasteiger partial charge in [-0.1, -0.05) is 41.9 Å². The minimum atomic E-state index is 0.546. The van der Waals surface area contributed by atoms with E-state index < -0.39 is 0 Å². The number of halogens is 1. The van der Waals surface area contributed by atoms with Crippen LogP contribution in [0, 0.1) is 0 Å². The molecule has 3 heteroatoms. The first-order valence-corrected chi connectivity index (χ1v) is 5.59. The molecule has 2 nitrogen and oxygen atoms in total. The zero-order valence-electron chi connectivity index (χ0n) is 9.64. The summed E-state index contributed by atoms with van der Waals surface area (Å²) in [4.78, 5) is 0. The Bertz CT molecular complexity index is 429. The lowest BCUT2D eigenvalue weighted by molar-refractivity contribution is 0.306. The van der Waals surface area contributed by atoms with Gasteiger partial charge in [-0.3, -0.25) is 0 Å². The van der Waals surface area contributed by atoms with Crippen LogP contribution in [0.2, 0.25) is 5.02 Å². The van der Waals surface area contributed by atoms with Crippen LogP contribution in [0.15, 0.2) is 54.6 Å². The van der Waals surface area contributed by atoms with Crippen molar-refractivity contribution in [1.82, 2.24) is 0 Å². The van der Waals surface area contributed by atoms with Gasteiger partial charge in [0.05, 0.1) is 0 Å². The van der Waals surface area contributed by atoms with Gasteiger partial charge < -0.3 is 9.84 Å². The van der Waals surface area contributed by atoms with Crippen LogP contribution in [0.3, 0.4) is 0 Å². The number of ether oxygens (including phenoxy) is 1. The van der Waals surface area contributed by atoms with Gasteiger partial charge in [-0.15, -0.1) is 0 Å². The first kappa shape index (κ1) is 13.6. The molecule has 0 saturated carbocycles. The number of rotatable bonds is 3. The third kappa shape index (κ3) is 4.89. The molecule has 0 fully saturated rings. The van der Waals surface area contributed by atoms with Crippen LogP contribution in [0.25, 0.3) is 0 Å². The zero-order valence-corrected chi connectivity index (χ0v) is 10.4. The predicted molar refractivity (Wildman–Crippen MR) is 70.4 cm³/mol. The number of para-hydroxylation sites is 1. The molecule has 0 aliphatic rings. The molecule has 0 unspecified atom stereocenters. The van der Waals surface area contributed by atoms with Gasteiger partial charge in [0.2, 0.25) is 0 Å². The van der Waals surface area contributed by atoms with Crippen molar-refractivity contribution in [2.24, 2.45) is 0 Å². The first-order chi connectivity index (χ1) is 8.34. The normalized spacial score (nSPS) is 9.12. The highest BCUT2D eigenvalue weighted by Gasteiger charge is 1.95. The molecule has 2 rings (SSSR count). The van der Waals surface area contributed by atoms with Gasteiger partial charge >= 0.3 is 0 Å². The van der Waals surface area contributed by atoms with Crippen LogP contribution >= 0.6 is 11.6 Å². The van der Waals surface area contributed by atoms with E-state index in [0.717, 1.165) is 23.4 Å². The summed E-state index contributed by atoms with van der Waals surface area (Å²) in [5.74, 6) is 0.873. The maximum Gasteiger partial charge on any atom is 0.119 e. The Balaban J connectivity index is 0.000000686. The topological polar surface area (TPSA) is 29.5 Å². The summed E-state index contributed by atoms with van der Waals surface area (Å²) in [5.41, 5.74) is 1.08. The van der Waals surface area contributed by atoms with E-state index >= 15 is 0 Å². The molecule has 0 radical (unpaired) electrons. The Kier molecular flexibility index (Phi) is 6.15. The van der Waals surface area contributed by atoms with E-state index in [4.69, 9.17) is 21.4 Å². The third-order valence-corrected chi connectivity index (χ3v) is 2.27. The van der Waals surface area contributed by atoms with E-state index in [1.54, 1.807) is 0 Å². The number of aliphatic hydroxyl groups is 1. The number of benzene rings is 2. The van der Waals surface area contributed by atoms with Crippen molar-refractivity contribution >= 4 is 11.6 Å². The molecule has 17 heavy (non-hydrogen) atoms. The smallest absolute Gasteiger partial charge is 0.119 e. The highest BCUT2D eigenvalue weighted by molar-refractivity contribution is 6.30. The molecule has 1 N–H and O–H groups in total. The molecule has 0 aliphatic heterocycles. The van der Waals surface area contributed by atoms with E-state index in [-0.39, 0.29) is 0 Å². The summed E-state index contributed by atoms with van der Waals surface area (Å²) in [6.45, 7) is 0.546. The molecule has 90 valence electrons. The molecule has 0 aromatic heterocycles. The Morgan fingerprint density at radius 3 is 2.35 bits per heavy atom. The van der Waals surface area contributed by atoms with Gasteiger partial charge in [-0.25, -0.2) is 0 Å². The Hall–Kier alpha value is -1.51. The number of hydrogen-bond donors (Lipinski definition) is 1. The Labute approximate surface area is 106 Å². The fourth-order valence-corrected chi connectivity index (χ4v) is 1.52. The molecular formula is C14H15ClO2.